The smallest absolute Gasteiger partial charge is 0.252 e. The van der Waals surface area contributed by atoms with Gasteiger partial charge in [-0.15, -0.1) is 0 Å². The van der Waals surface area contributed by atoms with Crippen LogP contribution in [0, 0.1) is 6.92 Å². The lowest BCUT2D eigenvalue weighted by Crippen LogP contribution is -2.48. The maximum atomic E-state index is 12.9. The first-order chi connectivity index (χ1) is 13.6. The molecule has 4 rings (SSSR count). The van der Waals surface area contributed by atoms with Gasteiger partial charge >= 0.3 is 0 Å². The average molecular weight is 385 g/mol. The van der Waals surface area contributed by atoms with Crippen LogP contribution in [0.3, 0.4) is 0 Å². The second-order valence-corrected chi connectivity index (χ2v) is 7.70. The molecule has 1 aromatic carbocycles. The maximum absolute atomic E-state index is 12.9. The molecule has 2 aliphatic rings. The van der Waals surface area contributed by atoms with E-state index >= 15 is 0 Å². The second kappa shape index (κ2) is 8.31. The second-order valence-electron chi connectivity index (χ2n) is 7.70. The summed E-state index contributed by atoms with van der Waals surface area (Å²) in [6.07, 6.45) is 7.17. The molecule has 0 unspecified atom stereocenters. The van der Waals surface area contributed by atoms with E-state index in [4.69, 9.17) is 14.0 Å². The van der Waals surface area contributed by atoms with Gasteiger partial charge < -0.3 is 19.3 Å². The van der Waals surface area contributed by atoms with Crippen LogP contribution in [0.15, 0.2) is 28.8 Å². The van der Waals surface area contributed by atoms with E-state index in [1.807, 2.05) is 12.1 Å². The number of amides is 1. The van der Waals surface area contributed by atoms with E-state index in [0.717, 1.165) is 57.3 Å². The zero-order chi connectivity index (χ0) is 19.4. The molecule has 7 heteroatoms. The number of hydrogen-bond donors (Lipinski definition) is 1. The van der Waals surface area contributed by atoms with Crippen LogP contribution < -0.4 is 10.1 Å². The van der Waals surface area contributed by atoms with Gasteiger partial charge in [-0.3, -0.25) is 4.79 Å². The summed E-state index contributed by atoms with van der Waals surface area (Å²) in [5, 5.41) is 7.29. The van der Waals surface area contributed by atoms with Crippen molar-refractivity contribution in [2.75, 3.05) is 13.2 Å². The molecule has 1 aromatic heterocycles. The molecule has 1 saturated heterocycles. The SMILES string of the molecule is Cc1nc(C2(NC(=O)c3ccc(OC[C@@H]4CCCO4)cc3)CCCCC2)no1. The number of rotatable bonds is 6. The molecule has 1 amide bonds. The molecule has 2 fully saturated rings. The van der Waals surface area contributed by atoms with Gasteiger partial charge in [-0.2, -0.15) is 4.98 Å². The summed E-state index contributed by atoms with van der Waals surface area (Å²) in [6, 6.07) is 7.24. The standard InChI is InChI=1S/C21H27N3O4/c1-15-22-20(24-28-15)21(11-3-2-4-12-21)23-19(25)16-7-9-17(10-8-16)27-14-18-6-5-13-26-18/h7-10,18H,2-6,11-14H2,1H3,(H,23,25)/t18-/m0/s1. The molecule has 7 nitrogen and oxygen atoms in total. The minimum Gasteiger partial charge on any atom is -0.491 e. The van der Waals surface area contributed by atoms with Crippen LogP contribution in [-0.2, 0) is 10.3 Å². The van der Waals surface area contributed by atoms with Crippen molar-refractivity contribution in [1.29, 1.82) is 0 Å². The van der Waals surface area contributed by atoms with E-state index in [1.54, 1.807) is 19.1 Å². The van der Waals surface area contributed by atoms with Gasteiger partial charge in [-0.05, 0) is 49.9 Å². The van der Waals surface area contributed by atoms with Gasteiger partial charge in [0, 0.05) is 19.1 Å². The third-order valence-electron chi connectivity index (χ3n) is 5.59. The van der Waals surface area contributed by atoms with Crippen molar-refractivity contribution in [3.8, 4) is 5.75 Å². The predicted molar refractivity (Wildman–Crippen MR) is 102 cm³/mol. The lowest BCUT2D eigenvalue weighted by atomic mass is 9.80. The summed E-state index contributed by atoms with van der Waals surface area (Å²) in [5.74, 6) is 1.71. The Kier molecular flexibility index (Phi) is 5.62. The van der Waals surface area contributed by atoms with Crippen LogP contribution in [0.5, 0.6) is 5.75 Å². The zero-order valence-electron chi connectivity index (χ0n) is 16.3. The summed E-state index contributed by atoms with van der Waals surface area (Å²) < 4.78 is 16.5. The minimum atomic E-state index is -0.553. The van der Waals surface area contributed by atoms with E-state index in [2.05, 4.69) is 15.5 Å². The molecule has 2 aromatic rings. The number of benzene rings is 1. The summed E-state index contributed by atoms with van der Waals surface area (Å²) >= 11 is 0. The van der Waals surface area contributed by atoms with Crippen LogP contribution in [0.25, 0.3) is 0 Å². The van der Waals surface area contributed by atoms with Crippen LogP contribution in [0.4, 0.5) is 0 Å². The Hall–Kier alpha value is -2.41. The normalized spacial score (nSPS) is 21.4. The monoisotopic (exact) mass is 385 g/mol. The van der Waals surface area contributed by atoms with Crippen molar-refractivity contribution in [2.45, 2.75) is 63.5 Å². The van der Waals surface area contributed by atoms with Crippen molar-refractivity contribution in [2.24, 2.45) is 0 Å². The average Bonchev–Trinajstić information content (AvgIpc) is 3.39. The van der Waals surface area contributed by atoms with Crippen molar-refractivity contribution >= 4 is 5.91 Å². The summed E-state index contributed by atoms with van der Waals surface area (Å²) in [7, 11) is 0. The lowest BCUT2D eigenvalue weighted by molar-refractivity contribution is 0.0679. The third-order valence-corrected chi connectivity index (χ3v) is 5.59. The Morgan fingerprint density at radius 1 is 1.21 bits per heavy atom. The Bertz CT molecular complexity index is 790. The number of carbonyl (C=O) groups is 1. The van der Waals surface area contributed by atoms with Crippen molar-refractivity contribution in [3.05, 3.63) is 41.5 Å². The van der Waals surface area contributed by atoms with Gasteiger partial charge in [-0.25, -0.2) is 0 Å². The largest absolute Gasteiger partial charge is 0.491 e. The highest BCUT2D eigenvalue weighted by molar-refractivity contribution is 5.94. The summed E-state index contributed by atoms with van der Waals surface area (Å²) in [6.45, 7) is 3.13. The Balaban J connectivity index is 1.42. The quantitative estimate of drug-likeness (QED) is 0.819. The number of nitrogens with zero attached hydrogens (tertiary/aromatic N) is 2. The fourth-order valence-corrected chi connectivity index (χ4v) is 4.01. The van der Waals surface area contributed by atoms with Crippen LogP contribution in [0.1, 0.15) is 67.0 Å². The van der Waals surface area contributed by atoms with E-state index < -0.39 is 5.54 Å². The van der Waals surface area contributed by atoms with Gasteiger partial charge in [0.1, 0.15) is 17.9 Å². The van der Waals surface area contributed by atoms with E-state index in [1.165, 1.54) is 0 Å². The van der Waals surface area contributed by atoms with Crippen molar-refractivity contribution < 1.29 is 18.8 Å². The lowest BCUT2D eigenvalue weighted by Gasteiger charge is -2.35. The number of nitrogens with one attached hydrogen (secondary N) is 1. The highest BCUT2D eigenvalue weighted by atomic mass is 16.5. The number of carbonyl (C=O) groups excluding carboxylic acids is 1. The van der Waals surface area contributed by atoms with Crippen LogP contribution >= 0.6 is 0 Å². The minimum absolute atomic E-state index is 0.130. The molecule has 0 spiro atoms. The van der Waals surface area contributed by atoms with E-state index in [9.17, 15) is 4.79 Å². The molecule has 1 aliphatic heterocycles. The van der Waals surface area contributed by atoms with Crippen molar-refractivity contribution in [3.63, 3.8) is 0 Å². The molecule has 1 saturated carbocycles. The zero-order valence-corrected chi connectivity index (χ0v) is 16.3. The first kappa shape index (κ1) is 18.9. The molecular formula is C21H27N3O4. The Morgan fingerprint density at radius 2 is 2.00 bits per heavy atom. The first-order valence-corrected chi connectivity index (χ1v) is 10.1. The molecular weight excluding hydrogens is 358 g/mol. The maximum Gasteiger partial charge on any atom is 0.252 e. The Labute approximate surface area is 164 Å². The van der Waals surface area contributed by atoms with Gasteiger partial charge in [0.25, 0.3) is 5.91 Å². The topological polar surface area (TPSA) is 86.5 Å². The predicted octanol–water partition coefficient (Wildman–Crippen LogP) is 3.53. The van der Waals surface area contributed by atoms with Crippen molar-refractivity contribution in [1.82, 2.24) is 15.5 Å². The molecule has 1 aliphatic carbocycles. The highest BCUT2D eigenvalue weighted by Crippen LogP contribution is 2.36. The van der Waals surface area contributed by atoms with Crippen LogP contribution in [0.2, 0.25) is 0 Å². The first-order valence-electron chi connectivity index (χ1n) is 10.1. The molecule has 1 atom stereocenters. The number of aryl methyl sites for hydroxylation is 1. The third kappa shape index (κ3) is 4.19. The van der Waals surface area contributed by atoms with Gasteiger partial charge in [0.15, 0.2) is 5.82 Å². The van der Waals surface area contributed by atoms with Gasteiger partial charge in [0.2, 0.25) is 5.89 Å². The Morgan fingerprint density at radius 3 is 2.64 bits per heavy atom. The van der Waals surface area contributed by atoms with E-state index in [-0.39, 0.29) is 12.0 Å². The molecule has 0 radical (unpaired) electrons. The molecule has 2 heterocycles. The highest BCUT2D eigenvalue weighted by Gasteiger charge is 2.39. The fourth-order valence-electron chi connectivity index (χ4n) is 4.01. The van der Waals surface area contributed by atoms with E-state index in [0.29, 0.717) is 23.9 Å². The molecule has 28 heavy (non-hydrogen) atoms. The molecule has 150 valence electrons. The van der Waals surface area contributed by atoms with Gasteiger partial charge in [0.05, 0.1) is 6.10 Å². The fraction of sp³-hybridized carbons (Fsp3) is 0.571. The van der Waals surface area contributed by atoms with Crippen LogP contribution in [-0.4, -0.2) is 35.4 Å². The number of aromatic nitrogens is 2. The van der Waals surface area contributed by atoms with Gasteiger partial charge in [-0.1, -0.05) is 24.4 Å². The molecule has 0 bridgehead atoms. The number of ether oxygens (including phenoxy) is 2. The summed E-state index contributed by atoms with van der Waals surface area (Å²) in [4.78, 5) is 17.3. The summed E-state index contributed by atoms with van der Waals surface area (Å²) in [5.41, 5.74) is 0.0388. The number of hydrogen-bond acceptors (Lipinski definition) is 6. The molecule has 1 N–H and O–H groups in total.